The topological polar surface area (TPSA) is 84.9 Å². The number of nitrogens with one attached hydrogen (secondary N) is 1. The fourth-order valence-electron chi connectivity index (χ4n) is 2.24. The average molecular weight is 311 g/mol. The van der Waals surface area contributed by atoms with Gasteiger partial charge in [0.2, 0.25) is 5.91 Å². The number of carbonyl (C=O) groups excluding carboxylic acids is 1. The second-order valence-electron chi connectivity index (χ2n) is 5.01. The molecule has 3 atom stereocenters. The van der Waals surface area contributed by atoms with Gasteiger partial charge in [-0.3, -0.25) is 4.79 Å². The fraction of sp³-hybridized carbons (Fsp3) is 0.467. The quantitative estimate of drug-likeness (QED) is 0.797. The molecule has 0 heterocycles. The van der Waals surface area contributed by atoms with E-state index in [-0.39, 0.29) is 23.3 Å². The molecule has 0 saturated heterocycles. The lowest BCUT2D eigenvalue weighted by Gasteiger charge is -2.15. The predicted molar refractivity (Wildman–Crippen MR) is 75.0 cm³/mol. The summed E-state index contributed by atoms with van der Waals surface area (Å²) in [5.74, 6) is -2.67. The van der Waals surface area contributed by atoms with E-state index in [1.807, 2.05) is 6.92 Å². The highest BCUT2D eigenvalue weighted by Crippen LogP contribution is 2.34. The molecule has 7 heteroatoms. The van der Waals surface area contributed by atoms with Crippen LogP contribution in [0.2, 0.25) is 0 Å². The number of carboxylic acids is 1. The minimum absolute atomic E-state index is 0.0119. The van der Waals surface area contributed by atoms with Gasteiger partial charge in [0, 0.05) is 6.61 Å². The minimum Gasteiger partial charge on any atom is -0.494 e. The van der Waals surface area contributed by atoms with E-state index in [1.54, 1.807) is 0 Å². The fourth-order valence-corrected chi connectivity index (χ4v) is 2.24. The number of carboxylic acid groups (broad SMARTS) is 1. The Balaban J connectivity index is 2.09. The van der Waals surface area contributed by atoms with Crippen molar-refractivity contribution < 1.29 is 28.6 Å². The third-order valence-electron chi connectivity index (χ3n) is 3.49. The number of halogens is 1. The Kier molecular flexibility index (Phi) is 4.97. The number of benzene rings is 1. The molecule has 0 aliphatic heterocycles. The van der Waals surface area contributed by atoms with Crippen molar-refractivity contribution in [2.45, 2.75) is 25.5 Å². The summed E-state index contributed by atoms with van der Waals surface area (Å²) >= 11 is 0. The second kappa shape index (κ2) is 6.74. The number of hydrogen-bond donors (Lipinski definition) is 2. The molecule has 1 aliphatic rings. The molecule has 0 spiro atoms. The molecule has 3 unspecified atom stereocenters. The van der Waals surface area contributed by atoms with E-state index in [9.17, 15) is 19.1 Å². The number of hydrogen-bond acceptors (Lipinski definition) is 4. The van der Waals surface area contributed by atoms with E-state index in [1.165, 1.54) is 19.2 Å². The first-order chi connectivity index (χ1) is 10.5. The first-order valence-corrected chi connectivity index (χ1v) is 6.96. The van der Waals surface area contributed by atoms with E-state index < -0.39 is 23.7 Å². The lowest BCUT2D eigenvalue weighted by molar-refractivity contribution is -0.142. The summed E-state index contributed by atoms with van der Waals surface area (Å²) in [5.41, 5.74) is 0.146. The van der Waals surface area contributed by atoms with E-state index >= 15 is 0 Å². The van der Waals surface area contributed by atoms with Crippen LogP contribution in [0.1, 0.15) is 24.9 Å². The van der Waals surface area contributed by atoms with Gasteiger partial charge in [-0.15, -0.1) is 0 Å². The van der Waals surface area contributed by atoms with Crippen molar-refractivity contribution in [3.05, 3.63) is 29.6 Å². The van der Waals surface area contributed by atoms with Gasteiger partial charge in [-0.25, -0.2) is 9.18 Å². The molecule has 120 valence electrons. The lowest BCUT2D eigenvalue weighted by Crippen LogP contribution is -2.35. The second-order valence-corrected chi connectivity index (χ2v) is 5.01. The maximum absolute atomic E-state index is 13.7. The Hall–Kier alpha value is -2.15. The van der Waals surface area contributed by atoms with Crippen molar-refractivity contribution in [2.24, 2.45) is 5.92 Å². The zero-order valence-corrected chi connectivity index (χ0v) is 12.3. The number of methoxy groups -OCH3 is 1. The highest BCUT2D eigenvalue weighted by Gasteiger charge is 2.45. The van der Waals surface area contributed by atoms with Crippen LogP contribution in [0.4, 0.5) is 4.39 Å². The van der Waals surface area contributed by atoms with E-state index in [0.29, 0.717) is 13.0 Å². The molecule has 1 fully saturated rings. The summed E-state index contributed by atoms with van der Waals surface area (Å²) in [6, 6.07) is 2.47. The molecule has 0 radical (unpaired) electrons. The van der Waals surface area contributed by atoms with Crippen molar-refractivity contribution in [3.63, 3.8) is 0 Å². The standard InChI is InChI=1S/C15H18FNO5/c1-3-22-12-7-9(12)14(18)17-13(15(19)20)8-4-5-11(21-2)10(16)6-8/h4-6,9,12-13H,3,7H2,1-2H3,(H,17,18)(H,19,20). The molecule has 2 N–H and O–H groups in total. The number of aliphatic carboxylic acids is 1. The van der Waals surface area contributed by atoms with Gasteiger partial charge in [0.25, 0.3) is 0 Å². The summed E-state index contributed by atoms with van der Waals surface area (Å²) in [7, 11) is 1.31. The van der Waals surface area contributed by atoms with Crippen LogP contribution in [-0.2, 0) is 14.3 Å². The SMILES string of the molecule is CCOC1CC1C(=O)NC(C(=O)O)c1ccc(OC)c(F)c1. The summed E-state index contributed by atoms with van der Waals surface area (Å²) in [6.45, 7) is 2.33. The van der Waals surface area contributed by atoms with Gasteiger partial charge in [-0.2, -0.15) is 0 Å². The highest BCUT2D eigenvalue weighted by molar-refractivity contribution is 5.87. The highest BCUT2D eigenvalue weighted by atomic mass is 19.1. The van der Waals surface area contributed by atoms with Crippen LogP contribution in [-0.4, -0.2) is 36.8 Å². The Morgan fingerprint density at radius 1 is 1.50 bits per heavy atom. The lowest BCUT2D eigenvalue weighted by atomic mass is 10.1. The third-order valence-corrected chi connectivity index (χ3v) is 3.49. The van der Waals surface area contributed by atoms with Crippen molar-refractivity contribution >= 4 is 11.9 Å². The Morgan fingerprint density at radius 3 is 2.77 bits per heavy atom. The molecule has 1 saturated carbocycles. The molecule has 1 aromatic rings. The van der Waals surface area contributed by atoms with Crippen LogP contribution in [0.15, 0.2) is 18.2 Å². The molecule has 1 aromatic carbocycles. The molecule has 1 aliphatic carbocycles. The van der Waals surface area contributed by atoms with Gasteiger partial charge < -0.3 is 19.9 Å². The molecule has 0 aromatic heterocycles. The van der Waals surface area contributed by atoms with E-state index in [0.717, 1.165) is 6.07 Å². The zero-order chi connectivity index (χ0) is 16.3. The average Bonchev–Trinajstić information content (AvgIpc) is 3.24. The third kappa shape index (κ3) is 3.54. The summed E-state index contributed by atoms with van der Waals surface area (Å²) < 4.78 is 23.8. The zero-order valence-electron chi connectivity index (χ0n) is 12.3. The molecule has 1 amide bonds. The predicted octanol–water partition coefficient (Wildman–Crippen LogP) is 1.50. The first kappa shape index (κ1) is 16.2. The Morgan fingerprint density at radius 2 is 2.23 bits per heavy atom. The molecule has 6 nitrogen and oxygen atoms in total. The van der Waals surface area contributed by atoms with Gasteiger partial charge in [0.05, 0.1) is 19.1 Å². The molecule has 22 heavy (non-hydrogen) atoms. The minimum atomic E-state index is -1.31. The summed E-state index contributed by atoms with van der Waals surface area (Å²) in [4.78, 5) is 23.4. The smallest absolute Gasteiger partial charge is 0.330 e. The van der Waals surface area contributed by atoms with Crippen molar-refractivity contribution in [1.82, 2.24) is 5.32 Å². The normalized spacial score (nSPS) is 21.0. The van der Waals surface area contributed by atoms with Crippen LogP contribution in [0.5, 0.6) is 5.75 Å². The van der Waals surface area contributed by atoms with Crippen LogP contribution in [0.3, 0.4) is 0 Å². The molecular formula is C15H18FNO5. The number of amides is 1. The van der Waals surface area contributed by atoms with Gasteiger partial charge in [-0.1, -0.05) is 6.07 Å². The maximum Gasteiger partial charge on any atom is 0.330 e. The summed E-state index contributed by atoms with van der Waals surface area (Å²) in [5, 5.41) is 11.7. The van der Waals surface area contributed by atoms with Gasteiger partial charge in [0.15, 0.2) is 17.6 Å². The molecular weight excluding hydrogens is 293 g/mol. The Bertz CT molecular complexity index is 577. The monoisotopic (exact) mass is 311 g/mol. The Labute approximate surface area is 127 Å². The van der Waals surface area contributed by atoms with E-state index in [4.69, 9.17) is 9.47 Å². The van der Waals surface area contributed by atoms with Crippen molar-refractivity contribution in [2.75, 3.05) is 13.7 Å². The summed E-state index contributed by atoms with van der Waals surface area (Å²) in [6.07, 6.45) is 0.412. The van der Waals surface area contributed by atoms with E-state index in [2.05, 4.69) is 5.32 Å². The van der Waals surface area contributed by atoms with Gasteiger partial charge in [0.1, 0.15) is 0 Å². The first-order valence-electron chi connectivity index (χ1n) is 6.96. The number of rotatable bonds is 7. The van der Waals surface area contributed by atoms with Crippen molar-refractivity contribution in [1.29, 1.82) is 0 Å². The number of ether oxygens (including phenoxy) is 2. The van der Waals surface area contributed by atoms with Crippen LogP contribution >= 0.6 is 0 Å². The largest absolute Gasteiger partial charge is 0.494 e. The molecule has 2 rings (SSSR count). The van der Waals surface area contributed by atoms with Gasteiger partial charge >= 0.3 is 5.97 Å². The van der Waals surface area contributed by atoms with Crippen LogP contribution < -0.4 is 10.1 Å². The number of carbonyl (C=O) groups is 2. The van der Waals surface area contributed by atoms with Crippen LogP contribution in [0.25, 0.3) is 0 Å². The van der Waals surface area contributed by atoms with Crippen LogP contribution in [0, 0.1) is 11.7 Å². The maximum atomic E-state index is 13.7. The van der Waals surface area contributed by atoms with Gasteiger partial charge in [-0.05, 0) is 31.0 Å². The van der Waals surface area contributed by atoms with Crippen molar-refractivity contribution in [3.8, 4) is 5.75 Å². The molecule has 0 bridgehead atoms.